The zero-order valence-electron chi connectivity index (χ0n) is 21.2. The number of anilines is 1. The van der Waals surface area contributed by atoms with Gasteiger partial charge in [0.2, 0.25) is 0 Å². The zero-order valence-corrected chi connectivity index (χ0v) is 21.2. The molecule has 1 fully saturated rings. The van der Waals surface area contributed by atoms with Gasteiger partial charge >= 0.3 is 0 Å². The third-order valence-electron chi connectivity index (χ3n) is 6.61. The highest BCUT2D eigenvalue weighted by Gasteiger charge is 2.28. The van der Waals surface area contributed by atoms with Crippen LogP contribution in [0.2, 0.25) is 0 Å². The van der Waals surface area contributed by atoms with Crippen molar-refractivity contribution < 1.29 is 33.0 Å². The summed E-state index contributed by atoms with van der Waals surface area (Å²) in [5, 5.41) is 2.82. The van der Waals surface area contributed by atoms with Crippen molar-refractivity contribution in [3.05, 3.63) is 77.2 Å². The Kier molecular flexibility index (Phi) is 7.74. The Morgan fingerprint density at radius 3 is 2.84 bits per heavy atom. The highest BCUT2D eigenvalue weighted by atomic mass is 16.5. The Labute approximate surface area is 220 Å². The predicted octanol–water partition coefficient (Wildman–Crippen LogP) is 3.94. The van der Waals surface area contributed by atoms with E-state index in [0.717, 1.165) is 24.8 Å². The number of carbonyl (C=O) groups is 3. The van der Waals surface area contributed by atoms with E-state index in [1.807, 2.05) is 24.3 Å². The van der Waals surface area contributed by atoms with Gasteiger partial charge in [0.05, 0.1) is 18.3 Å². The first kappa shape index (κ1) is 25.5. The van der Waals surface area contributed by atoms with Crippen LogP contribution < -0.4 is 19.7 Å². The van der Waals surface area contributed by atoms with Crippen molar-refractivity contribution in [3.63, 3.8) is 0 Å². The number of furan rings is 1. The summed E-state index contributed by atoms with van der Waals surface area (Å²) in [4.78, 5) is 39.6. The van der Waals surface area contributed by atoms with Gasteiger partial charge in [0, 0.05) is 18.7 Å². The average molecular weight is 519 g/mol. The Hall–Kier alpha value is -4.11. The Morgan fingerprint density at radius 2 is 2.03 bits per heavy atom. The van der Waals surface area contributed by atoms with Crippen LogP contribution in [-0.2, 0) is 22.5 Å². The highest BCUT2D eigenvalue weighted by Crippen LogP contribution is 2.34. The lowest BCUT2D eigenvalue weighted by Gasteiger charge is -2.29. The van der Waals surface area contributed by atoms with Gasteiger partial charge in [0.15, 0.2) is 24.8 Å². The number of fused-ring (bicyclic) bond motifs is 1. The first-order chi connectivity index (χ1) is 18.5. The van der Waals surface area contributed by atoms with Gasteiger partial charge in [-0.25, -0.2) is 0 Å². The third-order valence-corrected chi connectivity index (χ3v) is 6.61. The molecule has 0 spiro atoms. The second-order valence-electron chi connectivity index (χ2n) is 9.27. The van der Waals surface area contributed by atoms with Crippen LogP contribution in [0.25, 0.3) is 0 Å². The predicted molar refractivity (Wildman–Crippen MR) is 139 cm³/mol. The molecule has 1 saturated heterocycles. The highest BCUT2D eigenvalue weighted by molar-refractivity contribution is 6.02. The lowest BCUT2D eigenvalue weighted by Crippen LogP contribution is -2.38. The van der Waals surface area contributed by atoms with Gasteiger partial charge in [0.1, 0.15) is 17.3 Å². The van der Waals surface area contributed by atoms with Gasteiger partial charge in [-0.15, -0.1) is 0 Å². The molecule has 3 heterocycles. The number of hydrogen-bond acceptors (Lipinski definition) is 7. The summed E-state index contributed by atoms with van der Waals surface area (Å²) in [6.07, 6.45) is 2.81. The molecular weight excluding hydrogens is 488 g/mol. The molecule has 2 amide bonds. The fraction of sp³-hybridized carbons (Fsp3) is 0.345. The molecule has 38 heavy (non-hydrogen) atoms. The molecule has 1 N–H and O–H groups in total. The lowest BCUT2D eigenvalue weighted by molar-refractivity contribution is -0.121. The van der Waals surface area contributed by atoms with E-state index in [1.165, 1.54) is 4.90 Å². The molecule has 0 radical (unpaired) electrons. The number of ether oxygens (including phenoxy) is 3. The number of ketones is 1. The minimum atomic E-state index is -0.335. The monoisotopic (exact) mass is 518 g/mol. The second-order valence-corrected chi connectivity index (χ2v) is 9.27. The summed E-state index contributed by atoms with van der Waals surface area (Å²) >= 11 is 0. The second kappa shape index (κ2) is 11.5. The maximum absolute atomic E-state index is 12.9. The number of Topliss-reactive ketones (excluding diaryl/α,β-unsaturated/α-hetero) is 1. The summed E-state index contributed by atoms with van der Waals surface area (Å²) < 4.78 is 22.6. The van der Waals surface area contributed by atoms with E-state index in [1.54, 1.807) is 30.3 Å². The molecule has 3 aromatic rings. The molecular formula is C29H30N2O7. The topological polar surface area (TPSA) is 107 Å². The smallest absolute Gasteiger partial charge is 0.287 e. The molecule has 2 aliphatic rings. The summed E-state index contributed by atoms with van der Waals surface area (Å²) in [5.74, 6) is 0.865. The molecule has 5 rings (SSSR count). The van der Waals surface area contributed by atoms with Crippen molar-refractivity contribution in [2.24, 2.45) is 0 Å². The van der Waals surface area contributed by atoms with Crippen LogP contribution in [0.4, 0.5) is 5.69 Å². The van der Waals surface area contributed by atoms with Crippen LogP contribution in [0, 0.1) is 0 Å². The van der Waals surface area contributed by atoms with Crippen molar-refractivity contribution in [1.82, 2.24) is 5.32 Å². The average Bonchev–Trinajstić information content (AvgIpc) is 3.64. The summed E-state index contributed by atoms with van der Waals surface area (Å²) in [6.45, 7) is 3.02. The number of benzene rings is 2. The molecule has 198 valence electrons. The Bertz CT molecular complexity index is 1330. The first-order valence-corrected chi connectivity index (χ1v) is 12.8. The Balaban J connectivity index is 1.25. The number of aryl methyl sites for hydroxylation is 1. The molecule has 1 aromatic heterocycles. The van der Waals surface area contributed by atoms with Gasteiger partial charge < -0.3 is 23.9 Å². The van der Waals surface area contributed by atoms with E-state index >= 15 is 0 Å². The first-order valence-electron chi connectivity index (χ1n) is 12.8. The van der Waals surface area contributed by atoms with Gasteiger partial charge in [0.25, 0.3) is 11.8 Å². The van der Waals surface area contributed by atoms with Gasteiger partial charge in [-0.1, -0.05) is 19.1 Å². The van der Waals surface area contributed by atoms with E-state index in [4.69, 9.17) is 18.6 Å². The van der Waals surface area contributed by atoms with Crippen molar-refractivity contribution >= 4 is 23.3 Å². The lowest BCUT2D eigenvalue weighted by atomic mass is 10.1. The molecule has 1 atom stereocenters. The van der Waals surface area contributed by atoms with Gasteiger partial charge in [-0.05, 0) is 67.3 Å². The molecule has 2 aliphatic heterocycles. The van der Waals surface area contributed by atoms with E-state index in [-0.39, 0.29) is 49.2 Å². The normalized spacial score (nSPS) is 16.6. The molecule has 0 unspecified atom stereocenters. The van der Waals surface area contributed by atoms with Crippen LogP contribution in [0.15, 0.2) is 59.0 Å². The molecule has 0 aliphatic carbocycles. The van der Waals surface area contributed by atoms with E-state index in [0.29, 0.717) is 41.7 Å². The fourth-order valence-electron chi connectivity index (χ4n) is 4.48. The van der Waals surface area contributed by atoms with Crippen LogP contribution in [0.3, 0.4) is 0 Å². The number of nitrogens with zero attached hydrogens (tertiary/aromatic N) is 1. The van der Waals surface area contributed by atoms with Crippen molar-refractivity contribution in [2.75, 3.05) is 31.3 Å². The number of carbonyl (C=O) groups excluding carboxylic acids is 3. The molecule has 9 heteroatoms. The molecule has 0 bridgehead atoms. The zero-order chi connectivity index (χ0) is 26.5. The molecule has 9 nitrogen and oxygen atoms in total. The minimum absolute atomic E-state index is 0.0275. The third kappa shape index (κ3) is 5.89. The van der Waals surface area contributed by atoms with Crippen LogP contribution >= 0.6 is 0 Å². The summed E-state index contributed by atoms with van der Waals surface area (Å²) in [7, 11) is 0. The van der Waals surface area contributed by atoms with Crippen molar-refractivity contribution in [2.45, 2.75) is 38.8 Å². The van der Waals surface area contributed by atoms with Crippen molar-refractivity contribution in [1.29, 1.82) is 0 Å². The van der Waals surface area contributed by atoms with Crippen LogP contribution in [0.5, 0.6) is 11.5 Å². The van der Waals surface area contributed by atoms with E-state index < -0.39 is 0 Å². The Morgan fingerprint density at radius 1 is 1.13 bits per heavy atom. The molecule has 0 saturated carbocycles. The maximum Gasteiger partial charge on any atom is 0.287 e. The van der Waals surface area contributed by atoms with E-state index in [9.17, 15) is 14.4 Å². The minimum Gasteiger partial charge on any atom is -0.485 e. The van der Waals surface area contributed by atoms with Gasteiger partial charge in [-0.3, -0.25) is 19.3 Å². The fourth-order valence-corrected chi connectivity index (χ4v) is 4.48. The van der Waals surface area contributed by atoms with E-state index in [2.05, 4.69) is 12.2 Å². The number of hydrogen-bond donors (Lipinski definition) is 1. The van der Waals surface area contributed by atoms with Crippen LogP contribution in [0.1, 0.15) is 52.0 Å². The maximum atomic E-state index is 12.9. The van der Waals surface area contributed by atoms with Crippen molar-refractivity contribution in [3.8, 4) is 11.5 Å². The standard InChI is InChI=1S/C29H30N2O7/c1-2-19-5-3-6-21(13-19)36-17-25(32)20-8-10-26-24(14-20)31(28(33)18-37-26)16-23-9-11-27(38-23)29(34)30-15-22-7-4-12-35-22/h3,5-6,8-11,13-14,22H,2,4,7,12,15-18H2,1H3,(H,30,34)/t22-/m0/s1. The summed E-state index contributed by atoms with van der Waals surface area (Å²) in [6, 6.07) is 15.8. The number of rotatable bonds is 10. The SMILES string of the molecule is CCc1cccc(OCC(=O)c2ccc3c(c2)N(Cc2ccc(C(=O)NC[C@@H]4CCCO4)o2)C(=O)CO3)c1. The largest absolute Gasteiger partial charge is 0.485 e. The van der Waals surface area contributed by atoms with Crippen LogP contribution in [-0.4, -0.2) is 50.1 Å². The molecule has 2 aromatic carbocycles. The summed E-state index contributed by atoms with van der Waals surface area (Å²) in [5.41, 5.74) is 1.98. The quantitative estimate of drug-likeness (QED) is 0.405. The number of nitrogens with one attached hydrogen (secondary N) is 1. The number of amides is 2. The van der Waals surface area contributed by atoms with Gasteiger partial charge in [-0.2, -0.15) is 0 Å².